The molecule has 0 aromatic heterocycles. The Morgan fingerprint density at radius 1 is 1.24 bits per heavy atom. The van der Waals surface area contributed by atoms with Gasteiger partial charge in [0, 0.05) is 13.7 Å². The molecule has 1 aliphatic carbocycles. The monoisotopic (exact) mass is 312 g/mol. The van der Waals surface area contributed by atoms with Gasteiger partial charge in [0.1, 0.15) is 0 Å². The Kier molecular flexibility index (Phi) is 7.72. The van der Waals surface area contributed by atoms with Crippen LogP contribution in [0.3, 0.4) is 0 Å². The summed E-state index contributed by atoms with van der Waals surface area (Å²) >= 11 is 0. The number of amides is 1. The van der Waals surface area contributed by atoms with Crippen molar-refractivity contribution in [3.63, 3.8) is 0 Å². The van der Waals surface area contributed by atoms with Crippen molar-refractivity contribution in [2.75, 3.05) is 26.8 Å². The highest BCUT2D eigenvalue weighted by atomic mass is 35.5. The summed E-state index contributed by atoms with van der Waals surface area (Å²) in [6.07, 6.45) is 4.40. The molecule has 0 atom stereocenters. The number of benzene rings is 1. The largest absolute Gasteiger partial charge is 0.383 e. The van der Waals surface area contributed by atoms with E-state index in [1.807, 2.05) is 18.2 Å². The Labute approximate surface area is 133 Å². The number of hydrogen-bond acceptors (Lipinski definition) is 3. The fourth-order valence-corrected chi connectivity index (χ4v) is 2.91. The second-order valence-electron chi connectivity index (χ2n) is 5.37. The minimum Gasteiger partial charge on any atom is -0.383 e. The van der Waals surface area contributed by atoms with Crippen LogP contribution in [0.1, 0.15) is 31.2 Å². The van der Waals surface area contributed by atoms with E-state index < -0.39 is 0 Å². The van der Waals surface area contributed by atoms with Crippen molar-refractivity contribution in [1.82, 2.24) is 10.6 Å². The number of carbonyl (C=O) groups is 1. The fraction of sp³-hybridized carbons (Fsp3) is 0.562. The van der Waals surface area contributed by atoms with E-state index in [0.29, 0.717) is 19.7 Å². The molecular formula is C16H25ClN2O2. The lowest BCUT2D eigenvalue weighted by Crippen LogP contribution is -2.47. The first-order valence-corrected chi connectivity index (χ1v) is 7.33. The quantitative estimate of drug-likeness (QED) is 0.759. The molecule has 1 saturated carbocycles. The first-order valence-electron chi connectivity index (χ1n) is 7.33. The van der Waals surface area contributed by atoms with Gasteiger partial charge in [0.05, 0.1) is 18.7 Å². The van der Waals surface area contributed by atoms with Gasteiger partial charge in [-0.1, -0.05) is 43.2 Å². The molecule has 1 aliphatic rings. The Hall–Kier alpha value is -1.10. The summed E-state index contributed by atoms with van der Waals surface area (Å²) in [6, 6.07) is 10.3. The van der Waals surface area contributed by atoms with Crippen LogP contribution in [0.2, 0.25) is 0 Å². The van der Waals surface area contributed by atoms with E-state index in [4.69, 9.17) is 4.74 Å². The van der Waals surface area contributed by atoms with Crippen LogP contribution < -0.4 is 10.6 Å². The molecule has 1 aromatic carbocycles. The van der Waals surface area contributed by atoms with Crippen molar-refractivity contribution in [3.05, 3.63) is 35.9 Å². The van der Waals surface area contributed by atoms with Crippen LogP contribution in [0.5, 0.6) is 0 Å². The third kappa shape index (κ3) is 4.99. The highest BCUT2D eigenvalue weighted by Gasteiger charge is 2.36. The van der Waals surface area contributed by atoms with Gasteiger partial charge in [-0.2, -0.15) is 0 Å². The minimum absolute atomic E-state index is 0. The lowest BCUT2D eigenvalue weighted by atomic mass is 9.88. The van der Waals surface area contributed by atoms with Gasteiger partial charge in [0.25, 0.3) is 0 Å². The molecule has 21 heavy (non-hydrogen) atoms. The normalized spacial score (nSPS) is 16.2. The van der Waals surface area contributed by atoms with Crippen molar-refractivity contribution in [2.24, 2.45) is 0 Å². The van der Waals surface area contributed by atoms with Crippen LogP contribution in [0.25, 0.3) is 0 Å². The standard InChI is InChI=1S/C16H24N2O2.ClH/c1-20-12-11-17-13-15(19)18-16(9-5-6-10-16)14-7-3-2-4-8-14;/h2-4,7-8,17H,5-6,9-13H2,1H3,(H,18,19);1H. The van der Waals surface area contributed by atoms with Crippen LogP contribution in [-0.2, 0) is 15.1 Å². The van der Waals surface area contributed by atoms with Crippen molar-refractivity contribution in [1.29, 1.82) is 0 Å². The Balaban J connectivity index is 0.00000220. The number of hydrogen-bond donors (Lipinski definition) is 2. The van der Waals surface area contributed by atoms with Gasteiger partial charge in [0.2, 0.25) is 5.91 Å². The lowest BCUT2D eigenvalue weighted by Gasteiger charge is -2.31. The number of methoxy groups -OCH3 is 1. The van der Waals surface area contributed by atoms with Crippen LogP contribution in [-0.4, -0.2) is 32.7 Å². The zero-order valence-corrected chi connectivity index (χ0v) is 13.4. The van der Waals surface area contributed by atoms with Gasteiger partial charge in [-0.15, -0.1) is 12.4 Å². The molecule has 4 nitrogen and oxygen atoms in total. The summed E-state index contributed by atoms with van der Waals surface area (Å²) < 4.78 is 4.95. The van der Waals surface area contributed by atoms with E-state index in [0.717, 1.165) is 12.8 Å². The SMILES string of the molecule is COCCNCC(=O)NC1(c2ccccc2)CCCC1.Cl. The molecule has 0 unspecified atom stereocenters. The number of rotatable bonds is 7. The molecule has 0 radical (unpaired) electrons. The highest BCUT2D eigenvalue weighted by Crippen LogP contribution is 2.38. The maximum absolute atomic E-state index is 12.1. The molecule has 1 amide bonds. The summed E-state index contributed by atoms with van der Waals surface area (Å²) in [6.45, 7) is 1.66. The molecule has 1 aromatic rings. The van der Waals surface area contributed by atoms with E-state index in [2.05, 4.69) is 22.8 Å². The maximum atomic E-state index is 12.1. The van der Waals surface area contributed by atoms with Crippen LogP contribution in [0.15, 0.2) is 30.3 Å². The summed E-state index contributed by atoms with van der Waals surface area (Å²) in [4.78, 5) is 12.1. The summed E-state index contributed by atoms with van der Waals surface area (Å²) in [5, 5.41) is 6.34. The number of ether oxygens (including phenoxy) is 1. The average molecular weight is 313 g/mol. The third-order valence-electron chi connectivity index (χ3n) is 3.93. The first kappa shape index (κ1) is 18.0. The lowest BCUT2D eigenvalue weighted by molar-refractivity contribution is -0.122. The minimum atomic E-state index is -0.165. The second-order valence-corrected chi connectivity index (χ2v) is 5.37. The van der Waals surface area contributed by atoms with E-state index in [1.54, 1.807) is 7.11 Å². The second kappa shape index (κ2) is 9.03. The van der Waals surface area contributed by atoms with Gasteiger partial charge in [-0.05, 0) is 18.4 Å². The van der Waals surface area contributed by atoms with Gasteiger partial charge < -0.3 is 15.4 Å². The zero-order chi connectivity index (χ0) is 14.3. The van der Waals surface area contributed by atoms with Crippen molar-refractivity contribution < 1.29 is 9.53 Å². The molecule has 0 bridgehead atoms. The van der Waals surface area contributed by atoms with Gasteiger partial charge in [-0.3, -0.25) is 4.79 Å². The fourth-order valence-electron chi connectivity index (χ4n) is 2.91. The van der Waals surface area contributed by atoms with Crippen LogP contribution in [0.4, 0.5) is 0 Å². The molecule has 0 aliphatic heterocycles. The Morgan fingerprint density at radius 2 is 1.90 bits per heavy atom. The smallest absolute Gasteiger partial charge is 0.234 e. The molecule has 2 N–H and O–H groups in total. The molecule has 2 rings (SSSR count). The molecule has 0 spiro atoms. The predicted octanol–water partition coefficient (Wildman–Crippen LogP) is 2.23. The van der Waals surface area contributed by atoms with E-state index in [9.17, 15) is 4.79 Å². The Morgan fingerprint density at radius 3 is 2.52 bits per heavy atom. The number of halogens is 1. The van der Waals surface area contributed by atoms with Gasteiger partial charge >= 0.3 is 0 Å². The van der Waals surface area contributed by atoms with E-state index in [1.165, 1.54) is 18.4 Å². The predicted molar refractivity (Wildman–Crippen MR) is 86.7 cm³/mol. The topological polar surface area (TPSA) is 50.4 Å². The number of carbonyl (C=O) groups excluding carboxylic acids is 1. The molecule has 0 heterocycles. The summed E-state index contributed by atoms with van der Waals surface area (Å²) in [5.74, 6) is 0.0619. The highest BCUT2D eigenvalue weighted by molar-refractivity contribution is 5.85. The maximum Gasteiger partial charge on any atom is 0.234 e. The molecular weight excluding hydrogens is 288 g/mol. The molecule has 0 saturated heterocycles. The first-order chi connectivity index (χ1) is 9.77. The summed E-state index contributed by atoms with van der Waals surface area (Å²) in [7, 11) is 1.66. The zero-order valence-electron chi connectivity index (χ0n) is 12.6. The number of nitrogens with one attached hydrogen (secondary N) is 2. The van der Waals surface area contributed by atoms with Crippen molar-refractivity contribution in [3.8, 4) is 0 Å². The van der Waals surface area contributed by atoms with Gasteiger partial charge in [0.15, 0.2) is 0 Å². The average Bonchev–Trinajstić information content (AvgIpc) is 2.94. The third-order valence-corrected chi connectivity index (χ3v) is 3.93. The molecule has 1 fully saturated rings. The summed E-state index contributed by atoms with van der Waals surface area (Å²) in [5.41, 5.74) is 1.06. The Bertz CT molecular complexity index is 420. The van der Waals surface area contributed by atoms with Crippen molar-refractivity contribution in [2.45, 2.75) is 31.2 Å². The van der Waals surface area contributed by atoms with Crippen LogP contribution in [0, 0.1) is 0 Å². The van der Waals surface area contributed by atoms with E-state index in [-0.39, 0.29) is 23.9 Å². The van der Waals surface area contributed by atoms with E-state index >= 15 is 0 Å². The van der Waals surface area contributed by atoms with Gasteiger partial charge in [-0.25, -0.2) is 0 Å². The van der Waals surface area contributed by atoms with Crippen LogP contribution >= 0.6 is 12.4 Å². The van der Waals surface area contributed by atoms with Crippen molar-refractivity contribution >= 4 is 18.3 Å². The molecule has 118 valence electrons. The molecule has 5 heteroatoms.